The zero-order valence-corrected chi connectivity index (χ0v) is 12.7. The molecule has 2 rings (SSSR count). The third kappa shape index (κ3) is 4.00. The third-order valence-electron chi connectivity index (χ3n) is 3.84. The molecule has 4 atom stereocenters. The van der Waals surface area contributed by atoms with Gasteiger partial charge in [0.15, 0.2) is 0 Å². The van der Waals surface area contributed by atoms with Gasteiger partial charge in [0.1, 0.15) is 5.69 Å². The highest BCUT2D eigenvalue weighted by atomic mass is 16.5. The maximum atomic E-state index is 12.0. The van der Waals surface area contributed by atoms with Crippen LogP contribution >= 0.6 is 0 Å². The molecule has 21 heavy (non-hydrogen) atoms. The summed E-state index contributed by atoms with van der Waals surface area (Å²) in [6.07, 6.45) is 1.40. The molecule has 6 heteroatoms. The standard InChI is InChI=1S/C15H23N3O3/c1-10-14(19)13(18(2)3)8-11(21-10)9-17-15(20)12-6-4-5-7-16-12/h4-7,10-11,13-14,19H,8-9H2,1-3H3,(H,17,20)/t10-,11-,13?,14?/m0/s1. The Morgan fingerprint density at radius 2 is 2.29 bits per heavy atom. The molecule has 1 saturated heterocycles. The summed E-state index contributed by atoms with van der Waals surface area (Å²) in [5.41, 5.74) is 0.394. The van der Waals surface area contributed by atoms with Gasteiger partial charge in [0.05, 0.1) is 18.3 Å². The number of carbonyl (C=O) groups excluding carboxylic acids is 1. The van der Waals surface area contributed by atoms with Gasteiger partial charge in [-0.3, -0.25) is 9.78 Å². The van der Waals surface area contributed by atoms with Crippen molar-refractivity contribution < 1.29 is 14.6 Å². The lowest BCUT2D eigenvalue weighted by Gasteiger charge is -2.41. The molecule has 6 nitrogen and oxygen atoms in total. The molecule has 1 aromatic heterocycles. The van der Waals surface area contributed by atoms with Gasteiger partial charge in [-0.15, -0.1) is 0 Å². The summed E-state index contributed by atoms with van der Waals surface area (Å²) in [4.78, 5) is 18.0. The molecule has 2 unspecified atom stereocenters. The van der Waals surface area contributed by atoms with Gasteiger partial charge in [0, 0.05) is 18.8 Å². The van der Waals surface area contributed by atoms with E-state index in [1.54, 1.807) is 24.4 Å². The van der Waals surface area contributed by atoms with Crippen LogP contribution in [0.1, 0.15) is 23.8 Å². The molecule has 116 valence electrons. The summed E-state index contributed by atoms with van der Waals surface area (Å²) >= 11 is 0. The molecule has 0 bridgehead atoms. The molecule has 1 fully saturated rings. The number of aliphatic hydroxyl groups excluding tert-OH is 1. The number of likely N-dealkylation sites (N-methyl/N-ethyl adjacent to an activating group) is 1. The normalized spacial score (nSPS) is 29.4. The number of hydrogen-bond donors (Lipinski definition) is 2. The van der Waals surface area contributed by atoms with Crippen molar-refractivity contribution in [2.75, 3.05) is 20.6 Å². The number of nitrogens with one attached hydrogen (secondary N) is 1. The fourth-order valence-electron chi connectivity index (χ4n) is 2.60. The number of carbonyl (C=O) groups is 1. The fourth-order valence-corrected chi connectivity index (χ4v) is 2.60. The van der Waals surface area contributed by atoms with Gasteiger partial charge in [-0.1, -0.05) is 6.07 Å². The first kappa shape index (κ1) is 15.9. The molecule has 0 saturated carbocycles. The Bertz CT molecular complexity index is 466. The summed E-state index contributed by atoms with van der Waals surface area (Å²) in [6, 6.07) is 5.25. The predicted molar refractivity (Wildman–Crippen MR) is 79.0 cm³/mol. The second-order valence-electron chi connectivity index (χ2n) is 5.65. The predicted octanol–water partition coefficient (Wildman–Crippen LogP) is 0.280. The molecule has 1 aliphatic heterocycles. The van der Waals surface area contributed by atoms with E-state index in [1.807, 2.05) is 25.9 Å². The van der Waals surface area contributed by atoms with Crippen molar-refractivity contribution >= 4 is 5.91 Å². The number of amides is 1. The number of aliphatic hydroxyl groups is 1. The molecule has 0 aliphatic carbocycles. The van der Waals surface area contributed by atoms with Crippen molar-refractivity contribution in [2.45, 2.75) is 37.7 Å². The van der Waals surface area contributed by atoms with Crippen LogP contribution < -0.4 is 5.32 Å². The minimum absolute atomic E-state index is 0.0329. The lowest BCUT2D eigenvalue weighted by Crippen LogP contribution is -2.54. The van der Waals surface area contributed by atoms with E-state index in [1.165, 1.54) is 0 Å². The van der Waals surface area contributed by atoms with E-state index in [0.717, 1.165) is 0 Å². The number of hydrogen-bond acceptors (Lipinski definition) is 5. The Labute approximate surface area is 125 Å². The topological polar surface area (TPSA) is 74.7 Å². The van der Waals surface area contributed by atoms with Crippen LogP contribution in [0.25, 0.3) is 0 Å². The number of nitrogens with zero attached hydrogens (tertiary/aromatic N) is 2. The van der Waals surface area contributed by atoms with Crippen molar-refractivity contribution in [3.05, 3.63) is 30.1 Å². The van der Waals surface area contributed by atoms with Crippen LogP contribution in [0.3, 0.4) is 0 Å². The molecule has 0 spiro atoms. The summed E-state index contributed by atoms with van der Waals surface area (Å²) in [7, 11) is 3.88. The van der Waals surface area contributed by atoms with Crippen molar-refractivity contribution in [3.8, 4) is 0 Å². The first-order valence-electron chi connectivity index (χ1n) is 7.18. The van der Waals surface area contributed by atoms with Crippen LogP contribution in [-0.4, -0.2) is 65.9 Å². The van der Waals surface area contributed by atoms with E-state index >= 15 is 0 Å². The lowest BCUT2D eigenvalue weighted by molar-refractivity contribution is -0.138. The smallest absolute Gasteiger partial charge is 0.269 e. The van der Waals surface area contributed by atoms with E-state index in [-0.39, 0.29) is 24.2 Å². The number of aromatic nitrogens is 1. The van der Waals surface area contributed by atoms with Crippen LogP contribution in [0.2, 0.25) is 0 Å². The summed E-state index contributed by atoms with van der Waals surface area (Å²) in [6.45, 7) is 2.27. The van der Waals surface area contributed by atoms with Crippen LogP contribution in [0.15, 0.2) is 24.4 Å². The number of pyridine rings is 1. The van der Waals surface area contributed by atoms with E-state index in [0.29, 0.717) is 18.7 Å². The maximum Gasteiger partial charge on any atom is 0.269 e. The van der Waals surface area contributed by atoms with Gasteiger partial charge >= 0.3 is 0 Å². The quantitative estimate of drug-likeness (QED) is 0.834. The Morgan fingerprint density at radius 1 is 1.52 bits per heavy atom. The Morgan fingerprint density at radius 3 is 2.90 bits per heavy atom. The fraction of sp³-hybridized carbons (Fsp3) is 0.600. The Balaban J connectivity index is 1.90. The lowest BCUT2D eigenvalue weighted by atomic mass is 9.95. The number of ether oxygens (including phenoxy) is 1. The highest BCUT2D eigenvalue weighted by Gasteiger charge is 2.36. The minimum atomic E-state index is -0.511. The Kier molecular flexibility index (Phi) is 5.27. The van der Waals surface area contributed by atoms with Crippen molar-refractivity contribution in [3.63, 3.8) is 0 Å². The summed E-state index contributed by atoms with van der Waals surface area (Å²) < 4.78 is 5.75. The molecule has 1 aromatic rings. The number of rotatable bonds is 4. The van der Waals surface area contributed by atoms with Gasteiger partial charge in [-0.05, 0) is 39.6 Å². The largest absolute Gasteiger partial charge is 0.389 e. The first-order chi connectivity index (χ1) is 9.99. The van der Waals surface area contributed by atoms with E-state index in [9.17, 15) is 9.90 Å². The second kappa shape index (κ2) is 6.98. The molecule has 1 amide bonds. The minimum Gasteiger partial charge on any atom is -0.389 e. The molecule has 0 aromatic carbocycles. The zero-order valence-electron chi connectivity index (χ0n) is 12.7. The van der Waals surface area contributed by atoms with Crippen LogP contribution in [0.5, 0.6) is 0 Å². The summed E-state index contributed by atoms with van der Waals surface area (Å²) in [5.74, 6) is -0.209. The van der Waals surface area contributed by atoms with Crippen LogP contribution in [-0.2, 0) is 4.74 Å². The van der Waals surface area contributed by atoms with Gasteiger partial charge < -0.3 is 20.1 Å². The molecule has 0 radical (unpaired) electrons. The molecular weight excluding hydrogens is 270 g/mol. The highest BCUT2D eigenvalue weighted by molar-refractivity contribution is 5.92. The van der Waals surface area contributed by atoms with Crippen LogP contribution in [0.4, 0.5) is 0 Å². The molecule has 2 N–H and O–H groups in total. The van der Waals surface area contributed by atoms with E-state index < -0.39 is 6.10 Å². The molecule has 1 aliphatic rings. The summed E-state index contributed by atoms with van der Waals surface area (Å²) in [5, 5.41) is 13.0. The molecule has 2 heterocycles. The van der Waals surface area contributed by atoms with Crippen molar-refractivity contribution in [2.24, 2.45) is 0 Å². The molecular formula is C15H23N3O3. The van der Waals surface area contributed by atoms with E-state index in [2.05, 4.69) is 10.3 Å². The Hall–Kier alpha value is -1.50. The van der Waals surface area contributed by atoms with Gasteiger partial charge in [-0.2, -0.15) is 0 Å². The monoisotopic (exact) mass is 293 g/mol. The van der Waals surface area contributed by atoms with Gasteiger partial charge in [-0.25, -0.2) is 0 Å². The first-order valence-corrected chi connectivity index (χ1v) is 7.18. The van der Waals surface area contributed by atoms with Crippen molar-refractivity contribution in [1.29, 1.82) is 0 Å². The van der Waals surface area contributed by atoms with Gasteiger partial charge in [0.25, 0.3) is 5.91 Å². The van der Waals surface area contributed by atoms with E-state index in [4.69, 9.17) is 4.74 Å². The third-order valence-corrected chi connectivity index (χ3v) is 3.84. The maximum absolute atomic E-state index is 12.0. The van der Waals surface area contributed by atoms with Crippen LogP contribution in [0, 0.1) is 0 Å². The van der Waals surface area contributed by atoms with Gasteiger partial charge in [0.2, 0.25) is 0 Å². The zero-order chi connectivity index (χ0) is 15.4. The van der Waals surface area contributed by atoms with Crippen molar-refractivity contribution in [1.82, 2.24) is 15.2 Å². The average molecular weight is 293 g/mol. The average Bonchev–Trinajstić information content (AvgIpc) is 2.48. The highest BCUT2D eigenvalue weighted by Crippen LogP contribution is 2.22. The second-order valence-corrected chi connectivity index (χ2v) is 5.65. The SMILES string of the molecule is C[C@@H]1O[C@H](CNC(=O)c2ccccn2)CC(N(C)C)C1O.